The molecular weight excluding hydrogens is 360 g/mol. The summed E-state index contributed by atoms with van der Waals surface area (Å²) in [7, 11) is 0. The first-order valence-corrected chi connectivity index (χ1v) is 11.5. The number of benzene rings is 1. The number of carbonyl (C=O) groups is 1. The average molecular weight is 405 g/mol. The SMILES string of the molecule is CCCCCCCCCCCOC(=O)c1cc(C(C)(C)C)c(O)c(C(C)(C)C)c1. The van der Waals surface area contributed by atoms with E-state index in [-0.39, 0.29) is 16.8 Å². The van der Waals surface area contributed by atoms with Crippen LogP contribution < -0.4 is 0 Å². The van der Waals surface area contributed by atoms with E-state index >= 15 is 0 Å². The minimum atomic E-state index is -0.291. The smallest absolute Gasteiger partial charge is 0.338 e. The molecule has 0 unspecified atom stereocenters. The number of phenols is 1. The van der Waals surface area contributed by atoms with E-state index in [4.69, 9.17) is 4.74 Å². The second-order valence-electron chi connectivity index (χ2n) is 10.4. The fourth-order valence-electron chi connectivity index (χ4n) is 3.56. The number of rotatable bonds is 11. The molecule has 0 spiro atoms. The number of phenolic OH excluding ortho intramolecular Hbond substituents is 1. The average Bonchev–Trinajstić information content (AvgIpc) is 2.61. The minimum Gasteiger partial charge on any atom is -0.507 e. The molecule has 0 aliphatic heterocycles. The Labute approximate surface area is 179 Å². The van der Waals surface area contributed by atoms with Crippen molar-refractivity contribution in [3.05, 3.63) is 28.8 Å². The summed E-state index contributed by atoms with van der Waals surface area (Å²) in [6, 6.07) is 3.59. The van der Waals surface area contributed by atoms with Crippen molar-refractivity contribution in [3.63, 3.8) is 0 Å². The molecule has 0 aliphatic rings. The molecule has 0 amide bonds. The highest BCUT2D eigenvalue weighted by Gasteiger charge is 2.28. The number of unbranched alkanes of at least 4 members (excludes halogenated alkanes) is 8. The Balaban J connectivity index is 2.60. The lowest BCUT2D eigenvalue weighted by Gasteiger charge is -2.28. The van der Waals surface area contributed by atoms with Crippen molar-refractivity contribution in [2.75, 3.05) is 6.61 Å². The predicted molar refractivity (Wildman–Crippen MR) is 123 cm³/mol. The van der Waals surface area contributed by atoms with Gasteiger partial charge in [-0.25, -0.2) is 4.79 Å². The van der Waals surface area contributed by atoms with Crippen LogP contribution in [0.3, 0.4) is 0 Å². The summed E-state index contributed by atoms with van der Waals surface area (Å²) in [4.78, 5) is 12.6. The summed E-state index contributed by atoms with van der Waals surface area (Å²) >= 11 is 0. The van der Waals surface area contributed by atoms with Gasteiger partial charge in [-0.2, -0.15) is 0 Å². The van der Waals surface area contributed by atoms with E-state index in [1.165, 1.54) is 44.9 Å². The molecule has 0 saturated heterocycles. The van der Waals surface area contributed by atoms with Gasteiger partial charge in [-0.3, -0.25) is 0 Å². The highest BCUT2D eigenvalue weighted by atomic mass is 16.5. The predicted octanol–water partition coefficient (Wildman–Crippen LogP) is 7.67. The third-order valence-corrected chi connectivity index (χ3v) is 5.44. The van der Waals surface area contributed by atoms with E-state index in [1.807, 2.05) is 41.5 Å². The van der Waals surface area contributed by atoms with Gasteiger partial charge in [-0.1, -0.05) is 99.8 Å². The summed E-state index contributed by atoms with van der Waals surface area (Å²) in [6.07, 6.45) is 11.2. The van der Waals surface area contributed by atoms with Gasteiger partial charge in [0.25, 0.3) is 0 Å². The van der Waals surface area contributed by atoms with E-state index < -0.39 is 0 Å². The minimum absolute atomic E-state index is 0.252. The number of hydrogen-bond donors (Lipinski definition) is 1. The molecule has 0 bridgehead atoms. The first kappa shape index (κ1) is 25.5. The van der Waals surface area contributed by atoms with Crippen LogP contribution in [0, 0.1) is 0 Å². The number of carbonyl (C=O) groups excluding carboxylic acids is 1. The molecule has 0 saturated carbocycles. The summed E-state index contributed by atoms with van der Waals surface area (Å²) in [6.45, 7) is 15.0. The van der Waals surface area contributed by atoms with Crippen LogP contribution in [-0.2, 0) is 15.6 Å². The van der Waals surface area contributed by atoms with Crippen LogP contribution >= 0.6 is 0 Å². The zero-order valence-corrected chi connectivity index (χ0v) is 20.0. The quantitative estimate of drug-likeness (QED) is 0.304. The van der Waals surface area contributed by atoms with Crippen LogP contribution in [0.1, 0.15) is 128 Å². The van der Waals surface area contributed by atoms with E-state index in [2.05, 4.69) is 6.92 Å². The fourth-order valence-corrected chi connectivity index (χ4v) is 3.56. The van der Waals surface area contributed by atoms with Gasteiger partial charge in [-0.05, 0) is 29.4 Å². The van der Waals surface area contributed by atoms with Gasteiger partial charge < -0.3 is 9.84 Å². The van der Waals surface area contributed by atoms with E-state index in [1.54, 1.807) is 12.1 Å². The van der Waals surface area contributed by atoms with Crippen molar-refractivity contribution in [1.29, 1.82) is 0 Å². The lowest BCUT2D eigenvalue weighted by molar-refractivity contribution is 0.0497. The lowest BCUT2D eigenvalue weighted by Crippen LogP contribution is -2.19. The van der Waals surface area contributed by atoms with E-state index in [9.17, 15) is 9.90 Å². The zero-order chi connectivity index (χ0) is 22.1. The summed E-state index contributed by atoms with van der Waals surface area (Å²) in [5, 5.41) is 10.8. The maximum absolute atomic E-state index is 12.6. The topological polar surface area (TPSA) is 46.5 Å². The second-order valence-corrected chi connectivity index (χ2v) is 10.4. The van der Waals surface area contributed by atoms with Gasteiger partial charge in [-0.15, -0.1) is 0 Å². The second kappa shape index (κ2) is 11.6. The Hall–Kier alpha value is -1.51. The standard InChI is InChI=1S/C26H44O3/c1-8-9-10-11-12-13-14-15-16-17-29-24(28)20-18-21(25(2,3)4)23(27)22(19-20)26(5,6)7/h18-19,27H,8-17H2,1-7H3. The molecule has 1 aromatic carbocycles. The van der Waals surface area contributed by atoms with Crippen LogP contribution in [0.25, 0.3) is 0 Å². The summed E-state index contributed by atoms with van der Waals surface area (Å²) in [5.74, 6) is 0.000974. The van der Waals surface area contributed by atoms with Crippen LogP contribution in [-0.4, -0.2) is 17.7 Å². The van der Waals surface area contributed by atoms with Crippen molar-refractivity contribution >= 4 is 5.97 Å². The van der Waals surface area contributed by atoms with E-state index in [0.29, 0.717) is 17.9 Å². The van der Waals surface area contributed by atoms with Crippen molar-refractivity contribution < 1.29 is 14.6 Å². The number of esters is 1. The normalized spacial score (nSPS) is 12.2. The van der Waals surface area contributed by atoms with Gasteiger partial charge in [0.2, 0.25) is 0 Å². The number of aromatic hydroxyl groups is 1. The Bertz CT molecular complexity index is 597. The Morgan fingerprint density at radius 3 is 1.62 bits per heavy atom. The molecule has 1 N–H and O–H groups in total. The van der Waals surface area contributed by atoms with Crippen molar-refractivity contribution in [2.45, 2.75) is 117 Å². The highest BCUT2D eigenvalue weighted by molar-refractivity contribution is 5.90. The molecule has 0 aromatic heterocycles. The summed E-state index contributed by atoms with van der Waals surface area (Å²) in [5.41, 5.74) is 1.61. The molecule has 1 rings (SSSR count). The molecule has 0 heterocycles. The third-order valence-electron chi connectivity index (χ3n) is 5.44. The lowest BCUT2D eigenvalue weighted by atomic mass is 9.78. The molecule has 3 nitrogen and oxygen atoms in total. The van der Waals surface area contributed by atoms with Crippen molar-refractivity contribution in [2.24, 2.45) is 0 Å². The van der Waals surface area contributed by atoms with Gasteiger partial charge in [0.15, 0.2) is 0 Å². The largest absolute Gasteiger partial charge is 0.507 e. The monoisotopic (exact) mass is 404 g/mol. The molecular formula is C26H44O3. The molecule has 166 valence electrons. The maximum Gasteiger partial charge on any atom is 0.338 e. The molecule has 3 heteroatoms. The van der Waals surface area contributed by atoms with Crippen LogP contribution in [0.2, 0.25) is 0 Å². The molecule has 0 fully saturated rings. The molecule has 0 radical (unpaired) electrons. The molecule has 1 aromatic rings. The maximum atomic E-state index is 12.6. The van der Waals surface area contributed by atoms with Crippen LogP contribution in [0.4, 0.5) is 0 Å². The first-order chi connectivity index (χ1) is 13.5. The summed E-state index contributed by atoms with van der Waals surface area (Å²) < 4.78 is 5.54. The Morgan fingerprint density at radius 1 is 0.793 bits per heavy atom. The van der Waals surface area contributed by atoms with Gasteiger partial charge in [0.05, 0.1) is 12.2 Å². The number of ether oxygens (including phenoxy) is 1. The van der Waals surface area contributed by atoms with Crippen molar-refractivity contribution in [3.8, 4) is 5.75 Å². The van der Waals surface area contributed by atoms with Gasteiger partial charge in [0, 0.05) is 11.1 Å². The Kier molecular flexibility index (Phi) is 10.2. The van der Waals surface area contributed by atoms with Gasteiger partial charge >= 0.3 is 5.97 Å². The van der Waals surface area contributed by atoms with Crippen LogP contribution in [0.15, 0.2) is 12.1 Å². The fraction of sp³-hybridized carbons (Fsp3) is 0.731. The molecule has 0 aliphatic carbocycles. The third kappa shape index (κ3) is 8.80. The highest BCUT2D eigenvalue weighted by Crippen LogP contribution is 2.39. The Morgan fingerprint density at radius 2 is 1.21 bits per heavy atom. The number of hydrogen-bond acceptors (Lipinski definition) is 3. The zero-order valence-electron chi connectivity index (χ0n) is 20.0. The first-order valence-electron chi connectivity index (χ1n) is 11.5. The van der Waals surface area contributed by atoms with E-state index in [0.717, 1.165) is 24.0 Å². The molecule has 0 atom stereocenters. The molecule has 29 heavy (non-hydrogen) atoms. The van der Waals surface area contributed by atoms with Gasteiger partial charge in [0.1, 0.15) is 5.75 Å². The van der Waals surface area contributed by atoms with Crippen molar-refractivity contribution in [1.82, 2.24) is 0 Å². The van der Waals surface area contributed by atoms with Crippen LogP contribution in [0.5, 0.6) is 5.75 Å².